The summed E-state index contributed by atoms with van der Waals surface area (Å²) in [6.45, 7) is 0. The van der Waals surface area contributed by atoms with Crippen LogP contribution in [-0.2, 0) is 10.0 Å². The summed E-state index contributed by atoms with van der Waals surface area (Å²) in [4.78, 5) is 28.1. The van der Waals surface area contributed by atoms with Gasteiger partial charge in [0, 0.05) is 22.9 Å². The molecule has 2 amide bonds. The molecule has 3 N–H and O–H groups in total. The van der Waals surface area contributed by atoms with Gasteiger partial charge in [-0.3, -0.25) is 25.4 Å². The number of rotatable bonds is 5. The normalized spacial score (nSPS) is 13.9. The van der Waals surface area contributed by atoms with Crippen LogP contribution in [0.5, 0.6) is 0 Å². The molecule has 1 heterocycles. The third-order valence-corrected chi connectivity index (χ3v) is 5.81. The summed E-state index contributed by atoms with van der Waals surface area (Å²) in [7, 11) is -3.69. The third-order valence-electron chi connectivity index (χ3n) is 3.61. The molecule has 3 rings (SSSR count). The minimum atomic E-state index is -3.69. The highest BCUT2D eigenvalue weighted by Crippen LogP contribution is 2.25. The predicted molar refractivity (Wildman–Crippen MR) is 96.7 cm³/mol. The van der Waals surface area contributed by atoms with E-state index in [-0.39, 0.29) is 22.1 Å². The molecule has 0 radical (unpaired) electrons. The lowest BCUT2D eigenvalue weighted by Gasteiger charge is -2.11. The molecule has 1 aromatic heterocycles. The average Bonchev–Trinajstić information content (AvgIpc) is 3.43. The van der Waals surface area contributed by atoms with Crippen molar-refractivity contribution in [3.8, 4) is 0 Å². The highest BCUT2D eigenvalue weighted by Gasteiger charge is 2.28. The van der Waals surface area contributed by atoms with Gasteiger partial charge in [-0.05, 0) is 59.1 Å². The van der Waals surface area contributed by atoms with Crippen LogP contribution in [0, 0.1) is 0 Å². The number of pyridine rings is 1. The number of nitrogens with one attached hydrogen (secondary N) is 3. The zero-order chi connectivity index (χ0) is 18.7. The Morgan fingerprint density at radius 1 is 1.12 bits per heavy atom. The first-order valence-electron chi connectivity index (χ1n) is 7.69. The number of carbonyl (C=O) groups excluding carboxylic acids is 2. The number of hydrogen-bond donors (Lipinski definition) is 3. The van der Waals surface area contributed by atoms with E-state index in [0.29, 0.717) is 4.47 Å². The van der Waals surface area contributed by atoms with Crippen LogP contribution in [-0.4, -0.2) is 31.3 Å². The molecule has 0 saturated heterocycles. The first kappa shape index (κ1) is 18.5. The van der Waals surface area contributed by atoms with Crippen molar-refractivity contribution in [1.82, 2.24) is 20.6 Å². The van der Waals surface area contributed by atoms with Crippen molar-refractivity contribution in [1.29, 1.82) is 0 Å². The van der Waals surface area contributed by atoms with Crippen LogP contribution in [0.1, 0.15) is 33.6 Å². The quantitative estimate of drug-likeness (QED) is 0.609. The maximum absolute atomic E-state index is 12.3. The summed E-state index contributed by atoms with van der Waals surface area (Å²) in [6.07, 6.45) is 4.50. The second-order valence-corrected chi connectivity index (χ2v) is 8.26. The Kier molecular flexibility index (Phi) is 5.35. The predicted octanol–water partition coefficient (Wildman–Crippen LogP) is 1.36. The highest BCUT2D eigenvalue weighted by atomic mass is 79.9. The zero-order valence-electron chi connectivity index (χ0n) is 13.4. The minimum absolute atomic E-state index is 0.0173. The Balaban J connectivity index is 1.72. The van der Waals surface area contributed by atoms with Crippen molar-refractivity contribution < 1.29 is 18.0 Å². The summed E-state index contributed by atoms with van der Waals surface area (Å²) < 4.78 is 27.5. The van der Waals surface area contributed by atoms with Gasteiger partial charge >= 0.3 is 0 Å². The molecule has 2 aromatic rings. The minimum Gasteiger partial charge on any atom is -0.267 e. The van der Waals surface area contributed by atoms with Crippen LogP contribution in [0.3, 0.4) is 0 Å². The second kappa shape index (κ2) is 7.52. The lowest BCUT2D eigenvalue weighted by Crippen LogP contribution is -2.41. The average molecular weight is 439 g/mol. The van der Waals surface area contributed by atoms with Gasteiger partial charge in [-0.15, -0.1) is 0 Å². The summed E-state index contributed by atoms with van der Waals surface area (Å²) >= 11 is 3.21. The number of sulfonamides is 1. The van der Waals surface area contributed by atoms with Crippen LogP contribution < -0.4 is 15.6 Å². The molecule has 136 valence electrons. The fraction of sp³-hybridized carbons (Fsp3) is 0.188. The number of hydrogen-bond acceptors (Lipinski definition) is 5. The van der Waals surface area contributed by atoms with Gasteiger partial charge in [0.2, 0.25) is 10.0 Å². The van der Waals surface area contributed by atoms with E-state index >= 15 is 0 Å². The SMILES string of the molecule is O=C(NNC(=O)c1cc(S(=O)(=O)NC2CC2)ccc1Br)c1cccnc1. The second-order valence-electron chi connectivity index (χ2n) is 5.69. The molecule has 1 fully saturated rings. The number of carbonyl (C=O) groups is 2. The molecular formula is C16H15BrN4O4S. The molecule has 0 aliphatic heterocycles. The number of benzene rings is 1. The molecule has 26 heavy (non-hydrogen) atoms. The van der Waals surface area contributed by atoms with Crippen molar-refractivity contribution in [2.45, 2.75) is 23.8 Å². The van der Waals surface area contributed by atoms with E-state index in [1.807, 2.05) is 0 Å². The Bertz CT molecular complexity index is 946. The third kappa shape index (κ3) is 4.45. The van der Waals surface area contributed by atoms with Gasteiger partial charge in [-0.2, -0.15) is 0 Å². The molecule has 0 unspecified atom stereocenters. The van der Waals surface area contributed by atoms with Gasteiger partial charge in [-0.25, -0.2) is 13.1 Å². The van der Waals surface area contributed by atoms with Crippen molar-refractivity contribution in [3.05, 3.63) is 58.3 Å². The molecule has 1 aliphatic rings. The first-order chi connectivity index (χ1) is 12.4. The number of halogens is 1. The van der Waals surface area contributed by atoms with Gasteiger partial charge in [-0.1, -0.05) is 0 Å². The van der Waals surface area contributed by atoms with Crippen LogP contribution in [0.15, 0.2) is 52.1 Å². The van der Waals surface area contributed by atoms with E-state index in [2.05, 4.69) is 36.5 Å². The molecule has 0 spiro atoms. The highest BCUT2D eigenvalue weighted by molar-refractivity contribution is 9.10. The summed E-state index contributed by atoms with van der Waals surface area (Å²) in [5.74, 6) is -1.20. The number of aromatic nitrogens is 1. The Morgan fingerprint density at radius 2 is 1.85 bits per heavy atom. The first-order valence-corrected chi connectivity index (χ1v) is 9.97. The Labute approximate surface area is 158 Å². The van der Waals surface area contributed by atoms with Gasteiger partial charge < -0.3 is 0 Å². The molecule has 8 nitrogen and oxygen atoms in total. The fourth-order valence-corrected chi connectivity index (χ4v) is 3.84. The molecule has 1 saturated carbocycles. The van der Waals surface area contributed by atoms with E-state index in [1.54, 1.807) is 12.1 Å². The van der Waals surface area contributed by atoms with Crippen molar-refractivity contribution in [2.75, 3.05) is 0 Å². The maximum Gasteiger partial charge on any atom is 0.271 e. The Hall–Kier alpha value is -2.30. The summed E-state index contributed by atoms with van der Waals surface area (Å²) in [5, 5.41) is 0. The van der Waals surface area contributed by atoms with E-state index in [4.69, 9.17) is 0 Å². The van der Waals surface area contributed by atoms with Gasteiger partial charge in [0.05, 0.1) is 16.0 Å². The standard InChI is InChI=1S/C16H15BrN4O4S/c17-14-6-5-12(26(24,25)21-11-3-4-11)8-13(14)16(23)20-19-15(22)10-2-1-7-18-9-10/h1-2,5-9,11,21H,3-4H2,(H,19,22)(H,20,23). The molecule has 0 atom stereocenters. The van der Waals surface area contributed by atoms with Crippen molar-refractivity contribution in [3.63, 3.8) is 0 Å². The van der Waals surface area contributed by atoms with Gasteiger partial charge in [0.1, 0.15) is 0 Å². The lowest BCUT2D eigenvalue weighted by molar-refractivity contribution is 0.0846. The molecule has 1 aromatic carbocycles. The summed E-state index contributed by atoms with van der Waals surface area (Å²) in [5.41, 5.74) is 4.87. The number of nitrogens with zero attached hydrogens (tertiary/aromatic N) is 1. The van der Waals surface area contributed by atoms with Crippen molar-refractivity contribution >= 4 is 37.8 Å². The van der Waals surface area contributed by atoms with Gasteiger partial charge in [0.15, 0.2) is 0 Å². The Morgan fingerprint density at radius 3 is 2.50 bits per heavy atom. The van der Waals surface area contributed by atoms with E-state index < -0.39 is 21.8 Å². The largest absolute Gasteiger partial charge is 0.271 e. The smallest absolute Gasteiger partial charge is 0.267 e. The van der Waals surface area contributed by atoms with E-state index in [0.717, 1.165) is 12.8 Å². The van der Waals surface area contributed by atoms with E-state index in [1.165, 1.54) is 30.6 Å². The fourth-order valence-electron chi connectivity index (χ4n) is 2.08. The van der Waals surface area contributed by atoms with Crippen LogP contribution in [0.4, 0.5) is 0 Å². The number of amides is 2. The lowest BCUT2D eigenvalue weighted by atomic mass is 10.2. The van der Waals surface area contributed by atoms with Crippen LogP contribution >= 0.6 is 15.9 Å². The van der Waals surface area contributed by atoms with Gasteiger partial charge in [0.25, 0.3) is 11.8 Å². The summed E-state index contributed by atoms with van der Waals surface area (Å²) in [6, 6.07) is 7.22. The molecule has 0 bridgehead atoms. The maximum atomic E-state index is 12.3. The van der Waals surface area contributed by atoms with E-state index in [9.17, 15) is 18.0 Å². The molecule has 10 heteroatoms. The number of hydrazine groups is 1. The van der Waals surface area contributed by atoms with Crippen molar-refractivity contribution in [2.24, 2.45) is 0 Å². The topological polar surface area (TPSA) is 117 Å². The van der Waals surface area contributed by atoms with Crippen LogP contribution in [0.2, 0.25) is 0 Å². The molecular weight excluding hydrogens is 424 g/mol. The zero-order valence-corrected chi connectivity index (χ0v) is 15.8. The molecule has 1 aliphatic carbocycles. The van der Waals surface area contributed by atoms with Crippen LogP contribution in [0.25, 0.3) is 0 Å². The monoisotopic (exact) mass is 438 g/mol.